The monoisotopic (exact) mass is 316 g/mol. The van der Waals surface area contributed by atoms with Gasteiger partial charge in [0.15, 0.2) is 0 Å². The van der Waals surface area contributed by atoms with E-state index in [1.807, 2.05) is 30.1 Å². The van der Waals surface area contributed by atoms with Crippen LogP contribution < -0.4 is 10.9 Å². The van der Waals surface area contributed by atoms with Crippen LogP contribution in [0.3, 0.4) is 0 Å². The van der Waals surface area contributed by atoms with E-state index in [2.05, 4.69) is 34.8 Å². The first-order valence-corrected chi connectivity index (χ1v) is 8.74. The first-order valence-electron chi connectivity index (χ1n) is 8.74. The van der Waals surface area contributed by atoms with E-state index < -0.39 is 0 Å². The van der Waals surface area contributed by atoms with Gasteiger partial charge in [-0.05, 0) is 31.4 Å². The highest BCUT2D eigenvalue weighted by Gasteiger charge is 2.34. The van der Waals surface area contributed by atoms with E-state index in [4.69, 9.17) is 0 Å². The molecule has 2 heterocycles. The maximum atomic E-state index is 12.8. The molecule has 3 rings (SSSR count). The predicted molar refractivity (Wildman–Crippen MR) is 91.8 cm³/mol. The first-order chi connectivity index (χ1) is 11.2. The second kappa shape index (κ2) is 7.43. The number of carbonyl (C=O) groups excluding carboxylic acids is 1. The molecule has 126 valence electrons. The third-order valence-corrected chi connectivity index (χ3v) is 5.30. The average molecular weight is 316 g/mol. The Kier molecular flexibility index (Phi) is 5.30. The highest BCUT2D eigenvalue weighted by atomic mass is 16.2. The molecular weight excluding hydrogens is 288 g/mol. The minimum absolute atomic E-state index is 0.130. The average Bonchev–Trinajstić information content (AvgIpc) is 3.11. The Morgan fingerprint density at radius 3 is 2.57 bits per heavy atom. The van der Waals surface area contributed by atoms with Crippen molar-refractivity contribution in [2.24, 2.45) is 0 Å². The number of nitrogens with zero attached hydrogens (tertiary/aromatic N) is 2. The number of piperidine rings is 1. The van der Waals surface area contributed by atoms with Gasteiger partial charge in [-0.25, -0.2) is 10.9 Å². The number of nitrogens with one attached hydrogen (secondary N) is 2. The lowest BCUT2D eigenvalue weighted by molar-refractivity contribution is -0.134. The zero-order valence-corrected chi connectivity index (χ0v) is 14.2. The molecule has 0 radical (unpaired) electrons. The summed E-state index contributed by atoms with van der Waals surface area (Å²) in [7, 11) is 1.96. The minimum atomic E-state index is -0.130. The van der Waals surface area contributed by atoms with Crippen molar-refractivity contribution in [3.63, 3.8) is 0 Å². The van der Waals surface area contributed by atoms with Gasteiger partial charge < -0.3 is 9.80 Å². The van der Waals surface area contributed by atoms with E-state index >= 15 is 0 Å². The van der Waals surface area contributed by atoms with Crippen LogP contribution in [0.1, 0.15) is 37.8 Å². The van der Waals surface area contributed by atoms with Crippen LogP contribution in [0.4, 0.5) is 0 Å². The van der Waals surface area contributed by atoms with Gasteiger partial charge in [0.2, 0.25) is 5.91 Å². The van der Waals surface area contributed by atoms with Gasteiger partial charge in [0.1, 0.15) is 6.04 Å². The molecule has 0 saturated carbocycles. The van der Waals surface area contributed by atoms with Crippen molar-refractivity contribution in [2.45, 2.75) is 44.3 Å². The Hall–Kier alpha value is -1.43. The maximum Gasteiger partial charge on any atom is 0.241 e. The van der Waals surface area contributed by atoms with Crippen molar-refractivity contribution >= 4 is 5.91 Å². The molecule has 1 aromatic carbocycles. The molecule has 2 atom stereocenters. The van der Waals surface area contributed by atoms with Crippen LogP contribution in [0.15, 0.2) is 30.3 Å². The van der Waals surface area contributed by atoms with Crippen LogP contribution in [0.5, 0.6) is 0 Å². The van der Waals surface area contributed by atoms with Gasteiger partial charge in [-0.3, -0.25) is 4.79 Å². The number of hydrogen-bond donors (Lipinski definition) is 2. The fraction of sp³-hybridized carbons (Fsp3) is 0.611. The highest BCUT2D eigenvalue weighted by Crippen LogP contribution is 2.24. The summed E-state index contributed by atoms with van der Waals surface area (Å²) in [5.41, 5.74) is 7.70. The number of rotatable bonds is 4. The largest absolute Gasteiger partial charge is 0.341 e. The van der Waals surface area contributed by atoms with Crippen LogP contribution in [0.25, 0.3) is 0 Å². The lowest BCUT2D eigenvalue weighted by Crippen LogP contribution is -2.51. The molecule has 2 unspecified atom stereocenters. The lowest BCUT2D eigenvalue weighted by atomic mass is 9.99. The smallest absolute Gasteiger partial charge is 0.241 e. The Balaban J connectivity index is 1.54. The molecule has 2 fully saturated rings. The molecule has 23 heavy (non-hydrogen) atoms. The molecule has 2 N–H and O–H groups in total. The highest BCUT2D eigenvalue weighted by molar-refractivity contribution is 5.82. The Bertz CT molecular complexity index is 513. The molecule has 1 aromatic rings. The van der Waals surface area contributed by atoms with Crippen molar-refractivity contribution < 1.29 is 4.79 Å². The Labute approximate surface area is 139 Å². The summed E-state index contributed by atoms with van der Waals surface area (Å²) in [4.78, 5) is 17.2. The third-order valence-electron chi connectivity index (χ3n) is 5.30. The van der Waals surface area contributed by atoms with Crippen molar-refractivity contribution in [3.05, 3.63) is 35.9 Å². The van der Waals surface area contributed by atoms with E-state index in [0.717, 1.165) is 38.9 Å². The summed E-state index contributed by atoms with van der Waals surface area (Å²) in [6, 6.07) is 10.8. The van der Waals surface area contributed by atoms with Gasteiger partial charge in [0, 0.05) is 32.2 Å². The van der Waals surface area contributed by atoms with Crippen molar-refractivity contribution in [1.82, 2.24) is 20.7 Å². The van der Waals surface area contributed by atoms with Gasteiger partial charge in [-0.1, -0.05) is 37.3 Å². The number of hydrazine groups is 1. The van der Waals surface area contributed by atoms with Crippen LogP contribution >= 0.6 is 0 Å². The maximum absolute atomic E-state index is 12.8. The minimum Gasteiger partial charge on any atom is -0.341 e. The summed E-state index contributed by atoms with van der Waals surface area (Å²) in [6.45, 7) is 5.51. The number of likely N-dealkylation sites (N-methyl/N-ethyl adjacent to an activating group) is 1. The van der Waals surface area contributed by atoms with Gasteiger partial charge >= 0.3 is 0 Å². The zero-order chi connectivity index (χ0) is 16.2. The molecular formula is C18H28N4O. The van der Waals surface area contributed by atoms with Crippen LogP contribution in [0.2, 0.25) is 0 Å². The van der Waals surface area contributed by atoms with Crippen LogP contribution in [-0.2, 0) is 4.79 Å². The molecule has 2 saturated heterocycles. The van der Waals surface area contributed by atoms with Crippen LogP contribution in [-0.4, -0.2) is 54.5 Å². The number of benzene rings is 1. The van der Waals surface area contributed by atoms with E-state index in [9.17, 15) is 4.79 Å². The van der Waals surface area contributed by atoms with Gasteiger partial charge in [0.05, 0.1) is 0 Å². The van der Waals surface area contributed by atoms with E-state index in [1.165, 1.54) is 5.56 Å². The Morgan fingerprint density at radius 1 is 1.22 bits per heavy atom. The summed E-state index contributed by atoms with van der Waals surface area (Å²) in [5.74, 6) is 0.214. The topological polar surface area (TPSA) is 47.6 Å². The number of hydrogen-bond acceptors (Lipinski definition) is 4. The normalized spacial score (nSPS) is 26.3. The second-order valence-electron chi connectivity index (χ2n) is 6.65. The van der Waals surface area contributed by atoms with Gasteiger partial charge in [-0.15, -0.1) is 0 Å². The fourth-order valence-corrected chi connectivity index (χ4v) is 3.67. The standard InChI is InChI=1S/C18H28N4O/c1-3-22-11-9-15(10-12-22)21(2)18(23)17-13-16(19-20-17)14-7-5-4-6-8-14/h4-8,15-17,19-20H,3,9-13H2,1-2H3. The number of likely N-dealkylation sites (tertiary alicyclic amines) is 1. The SMILES string of the molecule is CCN1CCC(N(C)C(=O)C2CC(c3ccccc3)NN2)CC1. The van der Waals surface area contributed by atoms with Gasteiger partial charge in [-0.2, -0.15) is 0 Å². The lowest BCUT2D eigenvalue weighted by Gasteiger charge is -2.37. The van der Waals surface area contributed by atoms with E-state index in [-0.39, 0.29) is 18.0 Å². The molecule has 0 bridgehead atoms. The van der Waals surface area contributed by atoms with E-state index in [1.54, 1.807) is 0 Å². The molecule has 1 amide bonds. The predicted octanol–water partition coefficient (Wildman–Crippen LogP) is 1.54. The first kappa shape index (κ1) is 16.4. The number of carbonyl (C=O) groups is 1. The quantitative estimate of drug-likeness (QED) is 0.884. The van der Waals surface area contributed by atoms with Crippen LogP contribution in [0, 0.1) is 0 Å². The molecule has 0 spiro atoms. The summed E-state index contributed by atoms with van der Waals surface area (Å²) in [6.07, 6.45) is 2.97. The van der Waals surface area contributed by atoms with Gasteiger partial charge in [0.25, 0.3) is 0 Å². The third kappa shape index (κ3) is 3.74. The zero-order valence-electron chi connectivity index (χ0n) is 14.2. The summed E-state index contributed by atoms with van der Waals surface area (Å²) in [5, 5.41) is 0. The molecule has 5 nitrogen and oxygen atoms in total. The molecule has 2 aliphatic rings. The summed E-state index contributed by atoms with van der Waals surface area (Å²) >= 11 is 0. The van der Waals surface area contributed by atoms with Crippen molar-refractivity contribution in [2.75, 3.05) is 26.7 Å². The fourth-order valence-electron chi connectivity index (χ4n) is 3.67. The summed E-state index contributed by atoms with van der Waals surface area (Å²) < 4.78 is 0. The molecule has 0 aliphatic carbocycles. The Morgan fingerprint density at radius 2 is 1.91 bits per heavy atom. The molecule has 0 aromatic heterocycles. The molecule has 2 aliphatic heterocycles. The number of amides is 1. The van der Waals surface area contributed by atoms with Crippen molar-refractivity contribution in [1.29, 1.82) is 0 Å². The van der Waals surface area contributed by atoms with E-state index in [0.29, 0.717) is 6.04 Å². The second-order valence-corrected chi connectivity index (χ2v) is 6.65. The van der Waals surface area contributed by atoms with Crippen molar-refractivity contribution in [3.8, 4) is 0 Å². The molecule has 5 heteroatoms.